The molecule has 1 aliphatic rings. The highest BCUT2D eigenvalue weighted by Gasteiger charge is 2.20. The Bertz CT molecular complexity index is 663. The van der Waals surface area contributed by atoms with E-state index in [1.165, 1.54) is 0 Å². The third-order valence-electron chi connectivity index (χ3n) is 4.17. The van der Waals surface area contributed by atoms with Gasteiger partial charge in [0.05, 0.1) is 12.3 Å². The summed E-state index contributed by atoms with van der Waals surface area (Å²) in [4.78, 5) is 13.9. The normalized spacial score (nSPS) is 17.5. The van der Waals surface area contributed by atoms with E-state index in [0.29, 0.717) is 0 Å². The van der Waals surface area contributed by atoms with Crippen molar-refractivity contribution in [1.82, 2.24) is 24.2 Å². The molecule has 22 heavy (non-hydrogen) atoms. The maximum absolute atomic E-state index is 9.00. The molecule has 1 aliphatic heterocycles. The molecule has 3 rings (SSSR count). The number of hydrogen-bond donors (Lipinski definition) is 1. The molecule has 120 valence electrons. The highest BCUT2D eigenvalue weighted by Crippen LogP contribution is 2.22. The predicted molar refractivity (Wildman–Crippen MR) is 89.0 cm³/mol. The summed E-state index contributed by atoms with van der Waals surface area (Å²) >= 11 is 3.68. The molecule has 1 saturated heterocycles. The number of hydrogen-bond acceptors (Lipinski definition) is 5. The van der Waals surface area contributed by atoms with Crippen molar-refractivity contribution in [3.8, 4) is 0 Å². The Hall–Kier alpha value is -1.02. The zero-order chi connectivity index (χ0) is 15.7. The first kappa shape index (κ1) is 15.9. The van der Waals surface area contributed by atoms with Gasteiger partial charge in [0.25, 0.3) is 0 Å². The number of nitrogens with zero attached hydrogens (tertiary/aromatic N) is 5. The minimum absolute atomic E-state index is 0.238. The standard InChI is InChI=1S/C15H22BrN5O/c1-11-9-12(2)21-14(16)13(18-15(21)17-11)10-20-5-3-19(4-6-20)7-8-22/h9,22H,3-8,10H2,1-2H3. The van der Waals surface area contributed by atoms with E-state index in [9.17, 15) is 0 Å². The lowest BCUT2D eigenvalue weighted by Gasteiger charge is -2.33. The van der Waals surface area contributed by atoms with Crippen LogP contribution in [0.3, 0.4) is 0 Å². The van der Waals surface area contributed by atoms with Crippen LogP contribution in [0.2, 0.25) is 0 Å². The van der Waals surface area contributed by atoms with Crippen molar-refractivity contribution >= 4 is 21.7 Å². The van der Waals surface area contributed by atoms with E-state index < -0.39 is 0 Å². The molecule has 3 heterocycles. The Morgan fingerprint density at radius 1 is 1.14 bits per heavy atom. The molecule has 0 radical (unpaired) electrons. The molecular weight excluding hydrogens is 346 g/mol. The second-order valence-electron chi connectivity index (χ2n) is 5.87. The molecule has 0 amide bonds. The maximum Gasteiger partial charge on any atom is 0.235 e. The lowest BCUT2D eigenvalue weighted by molar-refractivity contribution is 0.107. The van der Waals surface area contributed by atoms with E-state index in [2.05, 4.69) is 48.1 Å². The van der Waals surface area contributed by atoms with Gasteiger partial charge in [-0.05, 0) is 35.8 Å². The highest BCUT2D eigenvalue weighted by molar-refractivity contribution is 9.10. The maximum atomic E-state index is 9.00. The number of β-amino-alcohol motifs (C(OH)–C–C–N with tert-alkyl or cyclic N) is 1. The topological polar surface area (TPSA) is 56.9 Å². The lowest BCUT2D eigenvalue weighted by atomic mass is 10.3. The first-order valence-corrected chi connectivity index (χ1v) is 8.44. The second-order valence-corrected chi connectivity index (χ2v) is 6.62. The number of fused-ring (bicyclic) bond motifs is 1. The van der Waals surface area contributed by atoms with Crippen molar-refractivity contribution in [1.29, 1.82) is 0 Å². The number of aryl methyl sites for hydroxylation is 2. The third kappa shape index (κ3) is 3.17. The first-order valence-electron chi connectivity index (χ1n) is 7.65. The summed E-state index contributed by atoms with van der Waals surface area (Å²) in [5, 5.41) is 9.00. The number of aliphatic hydroxyl groups is 1. The number of aliphatic hydroxyl groups excluding tert-OH is 1. The Balaban J connectivity index is 1.75. The molecule has 1 fully saturated rings. The fourth-order valence-electron chi connectivity index (χ4n) is 3.00. The predicted octanol–water partition coefficient (Wildman–Crippen LogP) is 1.22. The molecule has 2 aromatic heterocycles. The minimum atomic E-state index is 0.238. The SMILES string of the molecule is Cc1cc(C)n2c(Br)c(CN3CCN(CCO)CC3)nc2n1. The van der Waals surface area contributed by atoms with Crippen molar-refractivity contribution in [3.63, 3.8) is 0 Å². The first-order chi connectivity index (χ1) is 10.6. The summed E-state index contributed by atoms with van der Waals surface area (Å²) in [5.74, 6) is 0.762. The molecule has 0 spiro atoms. The van der Waals surface area contributed by atoms with Crippen LogP contribution in [-0.4, -0.2) is 68.6 Å². The van der Waals surface area contributed by atoms with Gasteiger partial charge in [0.1, 0.15) is 4.60 Å². The van der Waals surface area contributed by atoms with Gasteiger partial charge in [0.15, 0.2) is 0 Å². The Morgan fingerprint density at radius 2 is 1.82 bits per heavy atom. The van der Waals surface area contributed by atoms with Crippen molar-refractivity contribution in [3.05, 3.63) is 27.8 Å². The van der Waals surface area contributed by atoms with E-state index in [4.69, 9.17) is 10.1 Å². The van der Waals surface area contributed by atoms with Crippen molar-refractivity contribution < 1.29 is 5.11 Å². The third-order valence-corrected chi connectivity index (χ3v) is 4.98. The number of piperazine rings is 1. The van der Waals surface area contributed by atoms with Crippen LogP contribution in [0.1, 0.15) is 17.1 Å². The minimum Gasteiger partial charge on any atom is -0.395 e. The van der Waals surface area contributed by atoms with E-state index in [0.717, 1.165) is 66.7 Å². The molecule has 2 aromatic rings. The van der Waals surface area contributed by atoms with Gasteiger partial charge in [-0.15, -0.1) is 0 Å². The fourth-order valence-corrected chi connectivity index (χ4v) is 3.66. The van der Waals surface area contributed by atoms with Crippen LogP contribution in [-0.2, 0) is 6.54 Å². The molecule has 0 aliphatic carbocycles. The molecule has 0 unspecified atom stereocenters. The zero-order valence-electron chi connectivity index (χ0n) is 13.1. The highest BCUT2D eigenvalue weighted by atomic mass is 79.9. The number of aromatic nitrogens is 3. The Morgan fingerprint density at radius 3 is 2.50 bits per heavy atom. The van der Waals surface area contributed by atoms with Crippen LogP contribution in [0.4, 0.5) is 0 Å². The summed E-state index contributed by atoms with van der Waals surface area (Å²) in [5.41, 5.74) is 3.17. The lowest BCUT2D eigenvalue weighted by Crippen LogP contribution is -2.46. The van der Waals surface area contributed by atoms with Gasteiger partial charge in [-0.3, -0.25) is 14.2 Å². The van der Waals surface area contributed by atoms with Crippen molar-refractivity contribution in [2.75, 3.05) is 39.3 Å². The average molecular weight is 368 g/mol. The van der Waals surface area contributed by atoms with Crippen LogP contribution in [0, 0.1) is 13.8 Å². The number of rotatable bonds is 4. The summed E-state index contributed by atoms with van der Waals surface area (Å²) in [7, 11) is 0. The van der Waals surface area contributed by atoms with E-state index in [1.54, 1.807) is 0 Å². The van der Waals surface area contributed by atoms with Gasteiger partial charge in [-0.2, -0.15) is 0 Å². The Labute approximate surface area is 138 Å². The van der Waals surface area contributed by atoms with Crippen LogP contribution in [0.15, 0.2) is 10.7 Å². The van der Waals surface area contributed by atoms with Crippen LogP contribution >= 0.6 is 15.9 Å². The molecule has 0 bridgehead atoms. The Kier molecular flexibility index (Phi) is 4.77. The zero-order valence-corrected chi connectivity index (χ0v) is 14.7. The average Bonchev–Trinajstić information content (AvgIpc) is 2.77. The van der Waals surface area contributed by atoms with Crippen LogP contribution in [0.5, 0.6) is 0 Å². The summed E-state index contributed by atoms with van der Waals surface area (Å²) in [6.45, 7) is 9.93. The van der Waals surface area contributed by atoms with Gasteiger partial charge >= 0.3 is 0 Å². The van der Waals surface area contributed by atoms with E-state index >= 15 is 0 Å². The molecule has 0 atom stereocenters. The monoisotopic (exact) mass is 367 g/mol. The molecule has 0 saturated carbocycles. The van der Waals surface area contributed by atoms with Gasteiger partial charge in [-0.25, -0.2) is 9.97 Å². The molecular formula is C15H22BrN5O. The van der Waals surface area contributed by atoms with E-state index in [-0.39, 0.29) is 6.61 Å². The number of imidazole rings is 1. The smallest absolute Gasteiger partial charge is 0.235 e. The second kappa shape index (κ2) is 6.62. The number of halogens is 1. The largest absolute Gasteiger partial charge is 0.395 e. The van der Waals surface area contributed by atoms with Crippen molar-refractivity contribution in [2.24, 2.45) is 0 Å². The molecule has 6 nitrogen and oxygen atoms in total. The van der Waals surface area contributed by atoms with Crippen molar-refractivity contribution in [2.45, 2.75) is 20.4 Å². The van der Waals surface area contributed by atoms with Gasteiger partial charge in [-0.1, -0.05) is 0 Å². The summed E-state index contributed by atoms with van der Waals surface area (Å²) < 4.78 is 3.06. The van der Waals surface area contributed by atoms with Crippen LogP contribution < -0.4 is 0 Å². The summed E-state index contributed by atoms with van der Waals surface area (Å²) in [6.07, 6.45) is 0. The van der Waals surface area contributed by atoms with Gasteiger partial charge in [0.2, 0.25) is 5.78 Å². The van der Waals surface area contributed by atoms with Gasteiger partial charge < -0.3 is 5.11 Å². The molecule has 7 heteroatoms. The van der Waals surface area contributed by atoms with Gasteiger partial charge in [0, 0.05) is 50.7 Å². The van der Waals surface area contributed by atoms with E-state index in [1.807, 2.05) is 6.92 Å². The summed E-state index contributed by atoms with van der Waals surface area (Å²) in [6, 6.07) is 2.07. The molecule has 0 aromatic carbocycles. The molecule has 1 N–H and O–H groups in total. The quantitative estimate of drug-likeness (QED) is 0.880. The fraction of sp³-hybridized carbons (Fsp3) is 0.600. The van der Waals surface area contributed by atoms with Crippen LogP contribution in [0.25, 0.3) is 5.78 Å².